The van der Waals surface area contributed by atoms with Gasteiger partial charge in [-0.3, -0.25) is 19.5 Å². The molecule has 190 valence electrons. The second kappa shape index (κ2) is 11.1. The van der Waals surface area contributed by atoms with Gasteiger partial charge < -0.3 is 5.32 Å². The number of hydrogen-bond acceptors (Lipinski definition) is 6. The molecule has 2 heterocycles. The van der Waals surface area contributed by atoms with E-state index in [1.54, 1.807) is 48.8 Å². The normalized spacial score (nSPS) is 12.1. The van der Waals surface area contributed by atoms with Crippen LogP contribution in [0.15, 0.2) is 83.9 Å². The monoisotopic (exact) mass is 501 g/mol. The molecule has 0 radical (unpaired) electrons. The fraction of sp³-hybridized carbons (Fsp3) is 0.250. The van der Waals surface area contributed by atoms with Gasteiger partial charge in [-0.15, -0.1) is 0 Å². The van der Waals surface area contributed by atoms with Crippen molar-refractivity contribution in [2.45, 2.75) is 38.6 Å². The number of carbonyl (C=O) groups excluding carboxylic acids is 2. The zero-order valence-electron chi connectivity index (χ0n) is 20.9. The number of anilines is 1. The lowest BCUT2D eigenvalue weighted by molar-refractivity contribution is -0.122. The highest BCUT2D eigenvalue weighted by atomic mass is 19.1. The number of carbonyl (C=O) groups is 2. The van der Waals surface area contributed by atoms with Gasteiger partial charge in [-0.1, -0.05) is 56.3 Å². The Hall–Kier alpha value is -4.40. The van der Waals surface area contributed by atoms with Gasteiger partial charge in [0.05, 0.1) is 0 Å². The summed E-state index contributed by atoms with van der Waals surface area (Å²) in [5.41, 5.74) is 2.69. The first kappa shape index (κ1) is 25.7. The van der Waals surface area contributed by atoms with Gasteiger partial charge in [-0.2, -0.15) is 0 Å². The third-order valence-corrected chi connectivity index (χ3v) is 5.92. The summed E-state index contributed by atoms with van der Waals surface area (Å²) in [6.07, 6.45) is 4.77. The molecule has 0 aliphatic carbocycles. The third-order valence-electron chi connectivity index (χ3n) is 5.92. The van der Waals surface area contributed by atoms with Crippen LogP contribution in [0.2, 0.25) is 0 Å². The maximum atomic E-state index is 13.7. The fourth-order valence-corrected chi connectivity index (χ4v) is 3.96. The second-order valence-electron chi connectivity index (χ2n) is 9.62. The predicted molar refractivity (Wildman–Crippen MR) is 136 cm³/mol. The van der Waals surface area contributed by atoms with E-state index >= 15 is 0 Å². The standard InChI is InChI=1S/C28H28FN5O3/c1-28(2,3)21-9-11-23(12-10-21)34(27(36)24-18-32-37-33-24)25(20-7-5-14-30-17-20)26(35)31-15-13-19-6-4-8-22(29)16-19/h4-12,14,16-18,25H,13,15H2,1-3H3,(H,31,35). The Labute approximate surface area is 214 Å². The van der Waals surface area contributed by atoms with E-state index < -0.39 is 17.9 Å². The number of hydrogen-bond donors (Lipinski definition) is 1. The molecule has 2 aromatic heterocycles. The molecule has 0 fully saturated rings. The lowest BCUT2D eigenvalue weighted by Crippen LogP contribution is -2.44. The van der Waals surface area contributed by atoms with Gasteiger partial charge in [0.2, 0.25) is 5.91 Å². The van der Waals surface area contributed by atoms with E-state index in [4.69, 9.17) is 0 Å². The number of halogens is 1. The molecule has 0 saturated carbocycles. The van der Waals surface area contributed by atoms with Crippen LogP contribution in [-0.4, -0.2) is 33.7 Å². The fourth-order valence-electron chi connectivity index (χ4n) is 3.96. The van der Waals surface area contributed by atoms with Gasteiger partial charge in [0, 0.05) is 30.2 Å². The van der Waals surface area contributed by atoms with E-state index in [1.807, 2.05) is 12.1 Å². The zero-order valence-corrected chi connectivity index (χ0v) is 20.9. The van der Waals surface area contributed by atoms with E-state index in [2.05, 4.69) is 46.0 Å². The highest BCUT2D eigenvalue weighted by Gasteiger charge is 2.35. The van der Waals surface area contributed by atoms with Crippen molar-refractivity contribution in [2.24, 2.45) is 0 Å². The van der Waals surface area contributed by atoms with Gasteiger partial charge in [0.15, 0.2) is 5.69 Å². The Morgan fingerprint density at radius 1 is 1.05 bits per heavy atom. The van der Waals surface area contributed by atoms with Crippen molar-refractivity contribution >= 4 is 17.5 Å². The van der Waals surface area contributed by atoms with Crippen molar-refractivity contribution in [3.63, 3.8) is 0 Å². The molecule has 1 atom stereocenters. The van der Waals surface area contributed by atoms with Crippen molar-refractivity contribution in [3.8, 4) is 0 Å². The van der Waals surface area contributed by atoms with Crippen LogP contribution >= 0.6 is 0 Å². The lowest BCUT2D eigenvalue weighted by atomic mass is 9.87. The van der Waals surface area contributed by atoms with Crippen LogP contribution in [0.1, 0.15) is 54.0 Å². The van der Waals surface area contributed by atoms with Crippen molar-refractivity contribution in [3.05, 3.63) is 107 Å². The summed E-state index contributed by atoms with van der Waals surface area (Å²) in [6.45, 7) is 6.53. The van der Waals surface area contributed by atoms with E-state index in [0.29, 0.717) is 17.7 Å². The first-order valence-corrected chi connectivity index (χ1v) is 11.9. The minimum atomic E-state index is -1.06. The van der Waals surface area contributed by atoms with Crippen LogP contribution < -0.4 is 10.2 Å². The van der Waals surface area contributed by atoms with Crippen molar-refractivity contribution in [1.82, 2.24) is 20.6 Å². The topological polar surface area (TPSA) is 101 Å². The van der Waals surface area contributed by atoms with Crippen molar-refractivity contribution < 1.29 is 18.6 Å². The molecule has 4 rings (SSSR count). The molecule has 1 N–H and O–H groups in total. The van der Waals surface area contributed by atoms with Crippen LogP contribution in [0.3, 0.4) is 0 Å². The quantitative estimate of drug-likeness (QED) is 0.377. The SMILES string of the molecule is CC(C)(C)c1ccc(N(C(=O)c2cnon2)C(C(=O)NCCc2cccc(F)c2)c2cccnc2)cc1. The highest BCUT2D eigenvalue weighted by molar-refractivity contribution is 6.08. The number of aromatic nitrogens is 3. The molecular formula is C28H28FN5O3. The first-order valence-electron chi connectivity index (χ1n) is 11.9. The van der Waals surface area contributed by atoms with Gasteiger partial charge >= 0.3 is 0 Å². The van der Waals surface area contributed by atoms with Gasteiger partial charge in [0.25, 0.3) is 5.91 Å². The molecule has 0 spiro atoms. The number of benzene rings is 2. The molecule has 0 saturated heterocycles. The summed E-state index contributed by atoms with van der Waals surface area (Å²) in [6, 6.07) is 16.0. The Balaban J connectivity index is 1.69. The molecule has 0 bridgehead atoms. The summed E-state index contributed by atoms with van der Waals surface area (Å²) in [7, 11) is 0. The largest absolute Gasteiger partial charge is 0.354 e. The summed E-state index contributed by atoms with van der Waals surface area (Å²) in [5, 5.41) is 10.2. The van der Waals surface area contributed by atoms with Crippen LogP contribution in [0.4, 0.5) is 10.1 Å². The minimum Gasteiger partial charge on any atom is -0.354 e. The van der Waals surface area contributed by atoms with Crippen LogP contribution in [-0.2, 0) is 16.6 Å². The number of rotatable bonds is 8. The van der Waals surface area contributed by atoms with E-state index in [1.165, 1.54) is 23.2 Å². The molecule has 0 aliphatic rings. The Morgan fingerprint density at radius 2 is 1.84 bits per heavy atom. The smallest absolute Gasteiger partial charge is 0.283 e. The summed E-state index contributed by atoms with van der Waals surface area (Å²) < 4.78 is 18.2. The molecule has 1 unspecified atom stereocenters. The average Bonchev–Trinajstić information content (AvgIpc) is 3.42. The Kier molecular flexibility index (Phi) is 7.71. The van der Waals surface area contributed by atoms with Crippen molar-refractivity contribution in [1.29, 1.82) is 0 Å². The summed E-state index contributed by atoms with van der Waals surface area (Å²) >= 11 is 0. The molecule has 8 nitrogen and oxygen atoms in total. The Bertz CT molecular complexity index is 1340. The molecule has 9 heteroatoms. The Morgan fingerprint density at radius 3 is 2.46 bits per heavy atom. The lowest BCUT2D eigenvalue weighted by Gasteiger charge is -2.31. The maximum Gasteiger partial charge on any atom is 0.283 e. The molecule has 37 heavy (non-hydrogen) atoms. The predicted octanol–water partition coefficient (Wildman–Crippen LogP) is 4.65. The first-order chi connectivity index (χ1) is 17.7. The molecule has 0 aliphatic heterocycles. The van der Waals surface area contributed by atoms with Gasteiger partial charge in [-0.25, -0.2) is 9.02 Å². The van der Waals surface area contributed by atoms with Crippen molar-refractivity contribution in [2.75, 3.05) is 11.4 Å². The second-order valence-corrected chi connectivity index (χ2v) is 9.62. The zero-order chi connectivity index (χ0) is 26.4. The molecular weight excluding hydrogens is 473 g/mol. The number of nitrogens with one attached hydrogen (secondary N) is 1. The molecule has 2 aromatic carbocycles. The summed E-state index contributed by atoms with van der Waals surface area (Å²) in [4.78, 5) is 32.8. The van der Waals surface area contributed by atoms with Crippen LogP contribution in [0.25, 0.3) is 0 Å². The van der Waals surface area contributed by atoms with Crippen LogP contribution in [0.5, 0.6) is 0 Å². The average molecular weight is 502 g/mol. The van der Waals surface area contributed by atoms with E-state index in [0.717, 1.165) is 11.1 Å². The molecule has 4 aromatic rings. The van der Waals surface area contributed by atoms with E-state index in [9.17, 15) is 14.0 Å². The minimum absolute atomic E-state index is 0.0404. The van der Waals surface area contributed by atoms with Gasteiger partial charge in [0.1, 0.15) is 18.1 Å². The number of nitrogens with zero attached hydrogens (tertiary/aromatic N) is 4. The maximum absolute atomic E-state index is 13.7. The highest BCUT2D eigenvalue weighted by Crippen LogP contribution is 2.31. The van der Waals surface area contributed by atoms with E-state index in [-0.39, 0.29) is 23.5 Å². The summed E-state index contributed by atoms with van der Waals surface area (Å²) in [5.74, 6) is -1.32. The third kappa shape index (κ3) is 6.24. The van der Waals surface area contributed by atoms with Crippen LogP contribution in [0, 0.1) is 5.82 Å². The number of pyridine rings is 1. The molecule has 2 amide bonds. The van der Waals surface area contributed by atoms with Gasteiger partial charge in [-0.05, 0) is 58.5 Å². The number of amides is 2.